The number of carbonyl (C=O) groups is 1. The third kappa shape index (κ3) is 4.19. The average molecular weight is 330 g/mol. The summed E-state index contributed by atoms with van der Waals surface area (Å²) in [4.78, 5) is 12.7. The average Bonchev–Trinajstić information content (AvgIpc) is 2.54. The van der Waals surface area contributed by atoms with Crippen molar-refractivity contribution in [3.8, 4) is 0 Å². The standard InChI is InChI=1S/C13H18N2O4S2/c1-9-7-13(16)15-11-8-10(3-4-12(11)20-9)21(17,18)14-5-6-19-2/h3-4,8-9,14H,5-7H2,1-2H3,(H,15,16)/t9-/m1/s1. The highest BCUT2D eigenvalue weighted by Gasteiger charge is 2.21. The Morgan fingerprint density at radius 3 is 2.95 bits per heavy atom. The molecule has 116 valence electrons. The van der Waals surface area contributed by atoms with Crippen molar-refractivity contribution in [2.75, 3.05) is 25.6 Å². The number of carbonyl (C=O) groups excluding carboxylic acids is 1. The molecule has 6 nitrogen and oxygen atoms in total. The predicted octanol–water partition coefficient (Wildman–Crippen LogP) is 1.43. The van der Waals surface area contributed by atoms with Gasteiger partial charge in [0.25, 0.3) is 0 Å². The first-order valence-corrected chi connectivity index (χ1v) is 8.88. The van der Waals surface area contributed by atoms with E-state index in [4.69, 9.17) is 4.74 Å². The van der Waals surface area contributed by atoms with Crippen LogP contribution in [0.1, 0.15) is 13.3 Å². The van der Waals surface area contributed by atoms with Crippen LogP contribution in [0.15, 0.2) is 28.0 Å². The highest BCUT2D eigenvalue weighted by atomic mass is 32.2. The maximum atomic E-state index is 12.1. The molecule has 1 aromatic rings. The molecule has 2 rings (SSSR count). The molecule has 21 heavy (non-hydrogen) atoms. The van der Waals surface area contributed by atoms with Crippen molar-refractivity contribution in [2.24, 2.45) is 0 Å². The zero-order valence-corrected chi connectivity index (χ0v) is 13.5. The maximum absolute atomic E-state index is 12.1. The van der Waals surface area contributed by atoms with E-state index in [0.717, 1.165) is 4.90 Å². The van der Waals surface area contributed by atoms with Gasteiger partial charge in [-0.15, -0.1) is 11.8 Å². The Morgan fingerprint density at radius 1 is 1.48 bits per heavy atom. The zero-order chi connectivity index (χ0) is 15.5. The molecule has 0 aliphatic carbocycles. The van der Waals surface area contributed by atoms with Crippen LogP contribution in [0, 0.1) is 0 Å². The molecule has 0 bridgehead atoms. The predicted molar refractivity (Wildman–Crippen MR) is 82.1 cm³/mol. The van der Waals surface area contributed by atoms with Crippen LogP contribution in [0.5, 0.6) is 0 Å². The van der Waals surface area contributed by atoms with E-state index in [0.29, 0.717) is 18.7 Å². The lowest BCUT2D eigenvalue weighted by atomic mass is 10.3. The van der Waals surface area contributed by atoms with Gasteiger partial charge in [0.1, 0.15) is 0 Å². The second-order valence-electron chi connectivity index (χ2n) is 4.73. The summed E-state index contributed by atoms with van der Waals surface area (Å²) in [6.07, 6.45) is 0.410. The first-order valence-electron chi connectivity index (χ1n) is 6.51. The number of rotatable bonds is 5. The first-order chi connectivity index (χ1) is 9.92. The van der Waals surface area contributed by atoms with Gasteiger partial charge in [-0.25, -0.2) is 13.1 Å². The van der Waals surface area contributed by atoms with Crippen molar-refractivity contribution in [1.82, 2.24) is 4.72 Å². The summed E-state index contributed by atoms with van der Waals surface area (Å²) in [5.74, 6) is -0.101. The van der Waals surface area contributed by atoms with E-state index in [1.807, 2.05) is 6.92 Å². The lowest BCUT2D eigenvalue weighted by Gasteiger charge is -2.11. The number of amides is 1. The Bertz CT molecular complexity index is 631. The van der Waals surface area contributed by atoms with Gasteiger partial charge >= 0.3 is 0 Å². The van der Waals surface area contributed by atoms with Gasteiger partial charge in [0.15, 0.2) is 0 Å². The zero-order valence-electron chi connectivity index (χ0n) is 11.9. The van der Waals surface area contributed by atoms with Gasteiger partial charge in [0.2, 0.25) is 15.9 Å². The van der Waals surface area contributed by atoms with Crippen LogP contribution in [-0.4, -0.2) is 39.8 Å². The fourth-order valence-corrected chi connectivity index (χ4v) is 4.05. The number of ether oxygens (including phenoxy) is 1. The second-order valence-corrected chi connectivity index (χ2v) is 7.98. The molecule has 0 fully saturated rings. The van der Waals surface area contributed by atoms with E-state index in [1.54, 1.807) is 23.9 Å². The Balaban J connectivity index is 2.26. The van der Waals surface area contributed by atoms with E-state index in [-0.39, 0.29) is 22.6 Å². The largest absolute Gasteiger partial charge is 0.383 e. The summed E-state index contributed by atoms with van der Waals surface area (Å²) < 4.78 is 31.5. The summed E-state index contributed by atoms with van der Waals surface area (Å²) in [5.41, 5.74) is 0.545. The smallest absolute Gasteiger partial charge is 0.240 e. The van der Waals surface area contributed by atoms with E-state index >= 15 is 0 Å². The molecule has 0 saturated carbocycles. The molecule has 0 spiro atoms. The normalized spacial score (nSPS) is 18.8. The number of nitrogens with one attached hydrogen (secondary N) is 2. The highest BCUT2D eigenvalue weighted by molar-refractivity contribution is 8.00. The lowest BCUT2D eigenvalue weighted by molar-refractivity contribution is -0.116. The SMILES string of the molecule is COCCNS(=O)(=O)c1ccc2c(c1)NC(=O)C[C@@H](C)S2. The Morgan fingerprint density at radius 2 is 2.24 bits per heavy atom. The molecular formula is C13H18N2O4S2. The number of anilines is 1. The fraction of sp³-hybridized carbons (Fsp3) is 0.462. The summed E-state index contributed by atoms with van der Waals surface area (Å²) in [6.45, 7) is 2.47. The summed E-state index contributed by atoms with van der Waals surface area (Å²) >= 11 is 1.56. The maximum Gasteiger partial charge on any atom is 0.240 e. The molecule has 1 amide bonds. The molecule has 2 N–H and O–H groups in total. The number of hydrogen-bond donors (Lipinski definition) is 2. The molecular weight excluding hydrogens is 312 g/mol. The number of fused-ring (bicyclic) bond motifs is 1. The molecule has 0 saturated heterocycles. The Kier molecular flexibility index (Phi) is 5.26. The minimum absolute atomic E-state index is 0.101. The number of benzene rings is 1. The van der Waals surface area contributed by atoms with Crippen molar-refractivity contribution in [3.63, 3.8) is 0 Å². The fourth-order valence-electron chi connectivity index (χ4n) is 1.96. The molecule has 1 aliphatic heterocycles. The van der Waals surface area contributed by atoms with Gasteiger partial charge in [-0.05, 0) is 18.2 Å². The number of thioether (sulfide) groups is 1. The van der Waals surface area contributed by atoms with Gasteiger partial charge in [0, 0.05) is 30.2 Å². The number of sulfonamides is 1. The third-order valence-electron chi connectivity index (χ3n) is 2.93. The molecule has 0 aromatic heterocycles. The van der Waals surface area contributed by atoms with Crippen LogP contribution in [0.25, 0.3) is 0 Å². The lowest BCUT2D eigenvalue weighted by Crippen LogP contribution is -2.27. The highest BCUT2D eigenvalue weighted by Crippen LogP contribution is 2.36. The molecule has 1 aromatic carbocycles. The van der Waals surface area contributed by atoms with Crippen molar-refractivity contribution in [1.29, 1.82) is 0 Å². The van der Waals surface area contributed by atoms with Crippen molar-refractivity contribution < 1.29 is 17.9 Å². The van der Waals surface area contributed by atoms with Gasteiger partial charge in [-0.2, -0.15) is 0 Å². The van der Waals surface area contributed by atoms with Crippen LogP contribution < -0.4 is 10.0 Å². The van der Waals surface area contributed by atoms with Crippen LogP contribution in [-0.2, 0) is 19.6 Å². The Labute approximate surface area is 128 Å². The quantitative estimate of drug-likeness (QED) is 0.798. The van der Waals surface area contributed by atoms with Gasteiger partial charge in [-0.1, -0.05) is 6.92 Å². The van der Waals surface area contributed by atoms with E-state index in [9.17, 15) is 13.2 Å². The van der Waals surface area contributed by atoms with Gasteiger partial charge < -0.3 is 10.1 Å². The molecule has 0 unspecified atom stereocenters. The summed E-state index contributed by atoms with van der Waals surface area (Å²) in [7, 11) is -2.09. The molecule has 1 heterocycles. The summed E-state index contributed by atoms with van der Waals surface area (Å²) in [6, 6.07) is 4.77. The van der Waals surface area contributed by atoms with E-state index < -0.39 is 10.0 Å². The van der Waals surface area contributed by atoms with Gasteiger partial charge in [0.05, 0.1) is 17.2 Å². The molecule has 1 aliphatic rings. The number of methoxy groups -OCH3 is 1. The van der Waals surface area contributed by atoms with Gasteiger partial charge in [-0.3, -0.25) is 4.79 Å². The van der Waals surface area contributed by atoms with Crippen molar-refractivity contribution in [3.05, 3.63) is 18.2 Å². The Hall–Kier alpha value is -1.09. The second kappa shape index (κ2) is 6.78. The summed E-state index contributed by atoms with van der Waals surface area (Å²) in [5, 5.41) is 2.92. The minimum Gasteiger partial charge on any atom is -0.383 e. The minimum atomic E-state index is -3.60. The van der Waals surface area contributed by atoms with Crippen molar-refractivity contribution >= 4 is 33.4 Å². The molecule has 8 heteroatoms. The van der Waals surface area contributed by atoms with Crippen LogP contribution >= 0.6 is 11.8 Å². The first kappa shape index (κ1) is 16.3. The van der Waals surface area contributed by atoms with Crippen molar-refractivity contribution in [2.45, 2.75) is 28.4 Å². The molecule has 1 atom stereocenters. The van der Waals surface area contributed by atoms with Crippen LogP contribution in [0.3, 0.4) is 0 Å². The van der Waals surface area contributed by atoms with Crippen LogP contribution in [0.4, 0.5) is 5.69 Å². The van der Waals surface area contributed by atoms with E-state index in [2.05, 4.69) is 10.0 Å². The third-order valence-corrected chi connectivity index (χ3v) is 5.57. The monoisotopic (exact) mass is 330 g/mol. The van der Waals surface area contributed by atoms with Crippen LogP contribution in [0.2, 0.25) is 0 Å². The topological polar surface area (TPSA) is 84.5 Å². The molecule has 0 radical (unpaired) electrons. The van der Waals surface area contributed by atoms with E-state index in [1.165, 1.54) is 13.2 Å². The number of hydrogen-bond acceptors (Lipinski definition) is 5.